The number of hydrogen-bond acceptors (Lipinski definition) is 5. The average molecular weight is 451 g/mol. The van der Waals surface area contributed by atoms with E-state index < -0.39 is 18.1 Å². The molecule has 1 fully saturated rings. The molecule has 1 saturated heterocycles. The molecule has 0 saturated carbocycles. The minimum absolute atomic E-state index is 0. The van der Waals surface area contributed by atoms with Crippen molar-refractivity contribution < 1.29 is 14.3 Å². The van der Waals surface area contributed by atoms with E-state index in [0.29, 0.717) is 11.3 Å². The summed E-state index contributed by atoms with van der Waals surface area (Å²) in [5, 5.41) is -0.242. The highest BCUT2D eigenvalue weighted by molar-refractivity contribution is 8.00. The van der Waals surface area contributed by atoms with Crippen molar-refractivity contribution in [3.63, 3.8) is 0 Å². The molecule has 1 unspecified atom stereocenters. The van der Waals surface area contributed by atoms with E-state index in [9.17, 15) is 9.59 Å². The maximum atomic E-state index is 13.2. The van der Waals surface area contributed by atoms with Crippen molar-refractivity contribution in [1.29, 1.82) is 0 Å². The molecule has 2 N–H and O–H groups in total. The van der Waals surface area contributed by atoms with Gasteiger partial charge in [-0.15, -0.1) is 35.8 Å². The second-order valence-electron chi connectivity index (χ2n) is 6.63. The van der Waals surface area contributed by atoms with E-state index in [1.807, 2.05) is 60.7 Å². The lowest BCUT2D eigenvalue weighted by Gasteiger charge is -2.48. The molecule has 2 aliphatic rings. The van der Waals surface area contributed by atoms with Crippen LogP contribution in [0.4, 0.5) is 0 Å². The Morgan fingerprint density at radius 3 is 2.21 bits per heavy atom. The molecule has 5 nitrogen and oxygen atoms in total. The molecule has 0 bridgehead atoms. The average Bonchev–Trinajstić information content (AvgIpc) is 2.76. The highest BCUT2D eigenvalue weighted by Crippen LogP contribution is 2.41. The number of hydrogen-bond donors (Lipinski definition) is 1. The fourth-order valence-corrected chi connectivity index (χ4v) is 5.04. The van der Waals surface area contributed by atoms with Crippen LogP contribution in [-0.2, 0) is 14.3 Å². The van der Waals surface area contributed by atoms with Gasteiger partial charge in [0.15, 0.2) is 6.10 Å². The normalized spacial score (nSPS) is 20.7. The van der Waals surface area contributed by atoms with Crippen molar-refractivity contribution in [2.24, 2.45) is 5.73 Å². The lowest BCUT2D eigenvalue weighted by molar-refractivity contribution is -0.153. The van der Waals surface area contributed by atoms with Gasteiger partial charge in [-0.25, -0.2) is 4.79 Å². The van der Waals surface area contributed by atoms with Gasteiger partial charge in [0.1, 0.15) is 17.1 Å². The summed E-state index contributed by atoms with van der Waals surface area (Å²) < 4.78 is 5.93. The Bertz CT molecular complexity index is 885. The third-order valence-electron chi connectivity index (χ3n) is 4.87. The Balaban J connectivity index is 0.00000240. The number of benzene rings is 2. The molecule has 0 aromatic heterocycles. The van der Waals surface area contributed by atoms with E-state index in [1.165, 1.54) is 16.7 Å². The number of amides is 1. The molecule has 0 spiro atoms. The predicted molar refractivity (Wildman–Crippen MR) is 117 cm³/mol. The van der Waals surface area contributed by atoms with Gasteiger partial charge < -0.3 is 10.5 Å². The van der Waals surface area contributed by atoms with Gasteiger partial charge in [-0.2, -0.15) is 0 Å². The second-order valence-corrected chi connectivity index (χ2v) is 8.00. The lowest BCUT2D eigenvalue weighted by Crippen LogP contribution is -2.68. The first-order chi connectivity index (χ1) is 13.6. The maximum absolute atomic E-state index is 13.2. The van der Waals surface area contributed by atoms with Crippen LogP contribution in [0.25, 0.3) is 0 Å². The predicted octanol–water partition coefficient (Wildman–Crippen LogP) is 3.48. The topological polar surface area (TPSA) is 72.6 Å². The quantitative estimate of drug-likeness (QED) is 0.428. The van der Waals surface area contributed by atoms with Crippen LogP contribution in [-0.4, -0.2) is 39.8 Å². The number of carbonyl (C=O) groups is 2. The highest BCUT2D eigenvalue weighted by Gasteiger charge is 2.52. The summed E-state index contributed by atoms with van der Waals surface area (Å²) in [5.41, 5.74) is 8.52. The molecule has 4 rings (SSSR count). The molecular weight excluding hydrogens is 431 g/mol. The molecular formula is C21H20Cl2N2O3S. The van der Waals surface area contributed by atoms with E-state index in [2.05, 4.69) is 0 Å². The molecule has 8 heteroatoms. The maximum Gasteiger partial charge on any atom is 0.356 e. The van der Waals surface area contributed by atoms with Crippen LogP contribution in [0.3, 0.4) is 0 Å². The summed E-state index contributed by atoms with van der Waals surface area (Å²) in [6, 6.07) is 18.4. The Labute approximate surface area is 184 Å². The van der Waals surface area contributed by atoms with Crippen LogP contribution in [0.5, 0.6) is 0 Å². The zero-order valence-electron chi connectivity index (χ0n) is 15.4. The van der Waals surface area contributed by atoms with Gasteiger partial charge in [-0.3, -0.25) is 9.69 Å². The summed E-state index contributed by atoms with van der Waals surface area (Å²) in [6.07, 6.45) is -0.586. The van der Waals surface area contributed by atoms with Gasteiger partial charge in [0.2, 0.25) is 5.91 Å². The Hall–Kier alpha value is -1.99. The summed E-state index contributed by atoms with van der Waals surface area (Å²) in [4.78, 5) is 26.9. The second kappa shape index (κ2) is 9.22. The number of alkyl halides is 1. The van der Waals surface area contributed by atoms with Crippen molar-refractivity contribution >= 4 is 47.6 Å². The summed E-state index contributed by atoms with van der Waals surface area (Å²) in [6.45, 7) is 0. The van der Waals surface area contributed by atoms with Crippen molar-refractivity contribution in [1.82, 2.24) is 4.90 Å². The molecule has 2 aromatic rings. The number of halogens is 2. The Kier molecular flexibility index (Phi) is 6.90. The Morgan fingerprint density at radius 1 is 1.14 bits per heavy atom. The van der Waals surface area contributed by atoms with Crippen LogP contribution in [0.2, 0.25) is 0 Å². The monoisotopic (exact) mass is 450 g/mol. The van der Waals surface area contributed by atoms with Crippen molar-refractivity contribution in [3.05, 3.63) is 83.1 Å². The molecule has 0 radical (unpaired) electrons. The van der Waals surface area contributed by atoms with Crippen LogP contribution < -0.4 is 5.73 Å². The van der Waals surface area contributed by atoms with Crippen LogP contribution in [0, 0.1) is 0 Å². The van der Waals surface area contributed by atoms with Crippen LogP contribution in [0.1, 0.15) is 17.2 Å². The summed E-state index contributed by atoms with van der Waals surface area (Å²) in [7, 11) is 0. The van der Waals surface area contributed by atoms with E-state index in [0.717, 1.165) is 11.1 Å². The molecule has 2 atom stereocenters. The number of rotatable bonds is 5. The Morgan fingerprint density at radius 2 is 1.69 bits per heavy atom. The molecule has 152 valence electrons. The lowest BCUT2D eigenvalue weighted by atomic mass is 10.0. The van der Waals surface area contributed by atoms with E-state index in [1.54, 1.807) is 0 Å². The fraction of sp³-hybridized carbons (Fsp3) is 0.238. The zero-order valence-corrected chi connectivity index (χ0v) is 17.8. The number of ether oxygens (including phenoxy) is 1. The van der Waals surface area contributed by atoms with Gasteiger partial charge >= 0.3 is 5.97 Å². The third-order valence-corrected chi connectivity index (χ3v) is 6.56. The number of β-lactam (4-membered cyclic amide) rings is 1. The minimum atomic E-state index is -0.594. The van der Waals surface area contributed by atoms with Gasteiger partial charge in [0, 0.05) is 11.6 Å². The molecule has 2 heterocycles. The number of nitrogens with two attached hydrogens (primary N) is 1. The molecule has 0 aliphatic carbocycles. The van der Waals surface area contributed by atoms with Gasteiger partial charge in [0.05, 0.1) is 0 Å². The number of carbonyl (C=O) groups excluding carboxylic acids is 2. The zero-order chi connectivity index (χ0) is 19.7. The number of thioether (sulfide) groups is 1. The van der Waals surface area contributed by atoms with Gasteiger partial charge in [-0.1, -0.05) is 60.7 Å². The SMILES string of the molecule is Cl.N[C@@H]1C(=O)N2C(C(=O)OC(c3ccccc3)c3ccccc3)=C(CCl)CSC12. The number of fused-ring (bicyclic) bond motifs is 1. The first-order valence-electron chi connectivity index (χ1n) is 8.91. The largest absolute Gasteiger partial charge is 0.448 e. The third kappa shape index (κ3) is 4.03. The summed E-state index contributed by atoms with van der Waals surface area (Å²) in [5.74, 6) is -0.122. The van der Waals surface area contributed by atoms with Crippen LogP contribution >= 0.6 is 35.8 Å². The van der Waals surface area contributed by atoms with Crippen molar-refractivity contribution in [3.8, 4) is 0 Å². The smallest absolute Gasteiger partial charge is 0.356 e. The number of esters is 1. The van der Waals surface area contributed by atoms with E-state index in [-0.39, 0.29) is 35.3 Å². The molecule has 2 aliphatic heterocycles. The standard InChI is InChI=1S/C21H19ClN2O3S.ClH/c22-11-15-12-28-20-16(23)19(25)24(20)17(15)21(26)27-18(13-7-3-1-4-8-13)14-9-5-2-6-10-14;/h1-10,16,18,20H,11-12,23H2;1H/t16-,20?;/m1./s1. The first kappa shape index (κ1) is 21.7. The molecule has 29 heavy (non-hydrogen) atoms. The number of nitrogens with zero attached hydrogens (tertiary/aromatic N) is 1. The fourth-order valence-electron chi connectivity index (χ4n) is 3.42. The molecule has 1 amide bonds. The van der Waals surface area contributed by atoms with Gasteiger partial charge in [0.25, 0.3) is 0 Å². The summed E-state index contributed by atoms with van der Waals surface area (Å²) >= 11 is 7.58. The van der Waals surface area contributed by atoms with Gasteiger partial charge in [-0.05, 0) is 16.7 Å². The van der Waals surface area contributed by atoms with Crippen molar-refractivity contribution in [2.45, 2.75) is 17.5 Å². The molecule has 2 aromatic carbocycles. The van der Waals surface area contributed by atoms with Crippen molar-refractivity contribution in [2.75, 3.05) is 11.6 Å². The first-order valence-corrected chi connectivity index (χ1v) is 10.5. The minimum Gasteiger partial charge on any atom is -0.448 e. The van der Waals surface area contributed by atoms with E-state index in [4.69, 9.17) is 22.1 Å². The van der Waals surface area contributed by atoms with E-state index >= 15 is 0 Å². The highest BCUT2D eigenvalue weighted by atomic mass is 35.5. The van der Waals surface area contributed by atoms with Crippen LogP contribution in [0.15, 0.2) is 71.9 Å².